The molecule has 0 unspecified atom stereocenters. The van der Waals surface area contributed by atoms with E-state index in [1.165, 1.54) is 0 Å². The van der Waals surface area contributed by atoms with Gasteiger partial charge < -0.3 is 15.4 Å². The Morgan fingerprint density at radius 1 is 1.18 bits per heavy atom. The normalized spacial score (nSPS) is 17.5. The standard InChI is InChI=1S/C28H36F4N4O3/c1-27(29,30)12-4-14-39-21-6-3-5-19(15-21)9-10-20-16-22-24(26(38)33-20)25(34-23(37)17-28(2,31)32)36(35-22)13-11-18-7-8-18/h3,5-6,15,18,20H,4,7-14,16-17H2,1-2H3,(H,33,38)(H,34,37)/t20-/m0/s1. The highest BCUT2D eigenvalue weighted by Gasteiger charge is 2.34. The third kappa shape index (κ3) is 8.96. The highest BCUT2D eigenvalue weighted by atomic mass is 19.3. The summed E-state index contributed by atoms with van der Waals surface area (Å²) >= 11 is 0. The molecule has 0 bridgehead atoms. The molecule has 214 valence electrons. The van der Waals surface area contributed by atoms with Crippen LogP contribution in [-0.4, -0.2) is 46.1 Å². The molecule has 2 N–H and O–H groups in total. The van der Waals surface area contributed by atoms with E-state index in [0.717, 1.165) is 31.7 Å². The van der Waals surface area contributed by atoms with Gasteiger partial charge in [0.05, 0.1) is 18.7 Å². The summed E-state index contributed by atoms with van der Waals surface area (Å²) in [6.07, 6.45) is 3.86. The predicted molar refractivity (Wildman–Crippen MR) is 139 cm³/mol. The third-order valence-corrected chi connectivity index (χ3v) is 6.91. The molecule has 39 heavy (non-hydrogen) atoms. The van der Waals surface area contributed by atoms with Crippen LogP contribution < -0.4 is 15.4 Å². The van der Waals surface area contributed by atoms with Crippen molar-refractivity contribution in [2.24, 2.45) is 5.92 Å². The molecular formula is C28H36F4N4O3. The van der Waals surface area contributed by atoms with E-state index in [1.54, 1.807) is 10.7 Å². The molecule has 11 heteroatoms. The summed E-state index contributed by atoms with van der Waals surface area (Å²) in [4.78, 5) is 25.4. The molecule has 0 saturated heterocycles. The van der Waals surface area contributed by atoms with Crippen molar-refractivity contribution in [3.05, 3.63) is 41.1 Å². The number of nitrogens with one attached hydrogen (secondary N) is 2. The average molecular weight is 553 g/mol. The first-order valence-electron chi connectivity index (χ1n) is 13.5. The molecular weight excluding hydrogens is 516 g/mol. The Morgan fingerprint density at radius 3 is 2.64 bits per heavy atom. The molecule has 2 aliphatic rings. The Kier molecular flexibility index (Phi) is 8.86. The van der Waals surface area contributed by atoms with E-state index in [0.29, 0.717) is 50.1 Å². The van der Waals surface area contributed by atoms with E-state index in [4.69, 9.17) is 4.74 Å². The molecule has 7 nitrogen and oxygen atoms in total. The summed E-state index contributed by atoms with van der Waals surface area (Å²) in [5.74, 6) is -5.75. The van der Waals surface area contributed by atoms with Crippen LogP contribution in [-0.2, 0) is 24.2 Å². The van der Waals surface area contributed by atoms with Crippen LogP contribution in [0.25, 0.3) is 0 Å². The van der Waals surface area contributed by atoms with Crippen molar-refractivity contribution in [1.29, 1.82) is 0 Å². The van der Waals surface area contributed by atoms with Crippen molar-refractivity contribution in [3.8, 4) is 5.75 Å². The second kappa shape index (κ2) is 12.0. The molecule has 1 atom stereocenters. The molecule has 1 aromatic carbocycles. The number of rotatable bonds is 14. The summed E-state index contributed by atoms with van der Waals surface area (Å²) in [7, 11) is 0. The number of carbonyl (C=O) groups excluding carboxylic acids is 2. The Labute approximate surface area is 225 Å². The monoisotopic (exact) mass is 552 g/mol. The van der Waals surface area contributed by atoms with E-state index in [9.17, 15) is 27.2 Å². The van der Waals surface area contributed by atoms with Gasteiger partial charge in [0.1, 0.15) is 17.1 Å². The average Bonchev–Trinajstić information content (AvgIpc) is 3.59. The lowest BCUT2D eigenvalue weighted by molar-refractivity contribution is -0.122. The third-order valence-electron chi connectivity index (χ3n) is 6.91. The number of anilines is 1. The fourth-order valence-corrected chi connectivity index (χ4v) is 4.77. The van der Waals surface area contributed by atoms with E-state index >= 15 is 0 Å². The van der Waals surface area contributed by atoms with Crippen LogP contribution in [0, 0.1) is 5.92 Å². The number of halogens is 4. The van der Waals surface area contributed by atoms with E-state index in [-0.39, 0.29) is 42.8 Å². The van der Waals surface area contributed by atoms with Crippen molar-refractivity contribution in [2.75, 3.05) is 11.9 Å². The van der Waals surface area contributed by atoms with Gasteiger partial charge in [-0.1, -0.05) is 25.0 Å². The Bertz CT molecular complexity index is 1170. The second-order valence-corrected chi connectivity index (χ2v) is 11.0. The second-order valence-electron chi connectivity index (χ2n) is 11.0. The molecule has 2 amide bonds. The first kappa shape index (κ1) is 28.9. The van der Waals surface area contributed by atoms with Gasteiger partial charge in [0.15, 0.2) is 0 Å². The largest absolute Gasteiger partial charge is 0.494 e. The highest BCUT2D eigenvalue weighted by Crippen LogP contribution is 2.34. The van der Waals surface area contributed by atoms with Crippen molar-refractivity contribution < 1.29 is 31.9 Å². The lowest BCUT2D eigenvalue weighted by Crippen LogP contribution is -2.41. The minimum Gasteiger partial charge on any atom is -0.494 e. The molecule has 4 rings (SSSR count). The van der Waals surface area contributed by atoms with E-state index < -0.39 is 24.2 Å². The number of alkyl halides is 4. The van der Waals surface area contributed by atoms with Crippen LogP contribution in [0.1, 0.15) is 80.4 Å². The Hall–Kier alpha value is -3.11. The number of carbonyl (C=O) groups is 2. The number of hydrogen-bond donors (Lipinski definition) is 2. The van der Waals surface area contributed by atoms with Crippen LogP contribution >= 0.6 is 0 Å². The molecule has 1 aliphatic heterocycles. The van der Waals surface area contributed by atoms with Gasteiger partial charge in [-0.25, -0.2) is 22.2 Å². The maximum atomic E-state index is 13.4. The van der Waals surface area contributed by atoms with Crippen LogP contribution in [0.3, 0.4) is 0 Å². The number of aromatic nitrogens is 2. The van der Waals surface area contributed by atoms with Gasteiger partial charge in [-0.3, -0.25) is 9.59 Å². The Morgan fingerprint density at radius 2 is 1.95 bits per heavy atom. The summed E-state index contributed by atoms with van der Waals surface area (Å²) in [6.45, 7) is 2.27. The number of aryl methyl sites for hydroxylation is 2. The minimum absolute atomic E-state index is 0.182. The molecule has 1 aromatic heterocycles. The number of ether oxygens (including phenoxy) is 1. The first-order valence-corrected chi connectivity index (χ1v) is 13.5. The van der Waals surface area contributed by atoms with Gasteiger partial charge in [0.2, 0.25) is 11.8 Å². The number of nitrogens with zero attached hydrogens (tertiary/aromatic N) is 2. The topological polar surface area (TPSA) is 85.2 Å². The van der Waals surface area contributed by atoms with E-state index in [2.05, 4.69) is 15.7 Å². The zero-order valence-corrected chi connectivity index (χ0v) is 22.4. The van der Waals surface area contributed by atoms with Gasteiger partial charge in [0, 0.05) is 25.4 Å². The lowest BCUT2D eigenvalue weighted by Gasteiger charge is -2.23. The van der Waals surface area contributed by atoms with Crippen LogP contribution in [0.4, 0.5) is 23.4 Å². The Balaban J connectivity index is 1.38. The summed E-state index contributed by atoms with van der Waals surface area (Å²) < 4.78 is 60.0. The summed E-state index contributed by atoms with van der Waals surface area (Å²) in [5, 5.41) is 10.1. The quantitative estimate of drug-likeness (QED) is 0.230. The van der Waals surface area contributed by atoms with Gasteiger partial charge >= 0.3 is 0 Å². The van der Waals surface area contributed by atoms with Crippen molar-refractivity contribution in [2.45, 2.75) is 96.1 Å². The number of amides is 2. The fourth-order valence-electron chi connectivity index (χ4n) is 4.77. The molecule has 1 saturated carbocycles. The van der Waals surface area contributed by atoms with Crippen LogP contribution in [0.2, 0.25) is 0 Å². The van der Waals surface area contributed by atoms with Gasteiger partial charge in [0.25, 0.3) is 11.8 Å². The zero-order chi connectivity index (χ0) is 28.2. The van der Waals surface area contributed by atoms with Crippen molar-refractivity contribution >= 4 is 17.6 Å². The van der Waals surface area contributed by atoms with Crippen LogP contribution in [0.5, 0.6) is 5.75 Å². The summed E-state index contributed by atoms with van der Waals surface area (Å²) in [6, 6.07) is 7.22. The molecule has 0 radical (unpaired) electrons. The number of hydrogen-bond acceptors (Lipinski definition) is 4. The van der Waals surface area contributed by atoms with Crippen molar-refractivity contribution in [3.63, 3.8) is 0 Å². The maximum Gasteiger partial charge on any atom is 0.257 e. The van der Waals surface area contributed by atoms with E-state index in [1.807, 2.05) is 18.2 Å². The molecule has 2 aromatic rings. The van der Waals surface area contributed by atoms with Gasteiger partial charge in [-0.05, 0) is 63.1 Å². The number of fused-ring (bicyclic) bond motifs is 1. The first-order chi connectivity index (χ1) is 18.4. The van der Waals surface area contributed by atoms with Crippen molar-refractivity contribution in [1.82, 2.24) is 15.1 Å². The molecule has 1 aliphatic carbocycles. The number of benzene rings is 1. The SMILES string of the molecule is CC(F)(F)CCCOc1cccc(CC[C@H]2Cc3nn(CCC4CC4)c(NC(=O)CC(C)(F)F)c3C(=O)N2)c1. The smallest absolute Gasteiger partial charge is 0.257 e. The van der Waals surface area contributed by atoms with Crippen LogP contribution in [0.15, 0.2) is 24.3 Å². The van der Waals surface area contributed by atoms with Gasteiger partial charge in [-0.2, -0.15) is 5.10 Å². The molecule has 0 spiro atoms. The molecule has 2 heterocycles. The maximum absolute atomic E-state index is 13.4. The summed E-state index contributed by atoms with van der Waals surface area (Å²) in [5.41, 5.74) is 1.77. The minimum atomic E-state index is -3.16. The predicted octanol–water partition coefficient (Wildman–Crippen LogP) is 5.77. The lowest BCUT2D eigenvalue weighted by atomic mass is 9.96. The fraction of sp³-hybridized carbons (Fsp3) is 0.607. The molecule has 1 fully saturated rings. The van der Waals surface area contributed by atoms with Gasteiger partial charge in [-0.15, -0.1) is 0 Å². The highest BCUT2D eigenvalue weighted by molar-refractivity contribution is 6.04. The zero-order valence-electron chi connectivity index (χ0n) is 22.4.